The fourth-order valence-corrected chi connectivity index (χ4v) is 2.68. The number of H-pyrrole nitrogens is 1. The van der Waals surface area contributed by atoms with Crippen molar-refractivity contribution in [3.05, 3.63) is 66.1 Å². The maximum absolute atomic E-state index is 11.8. The molecule has 0 radical (unpaired) electrons. The molecule has 31 heavy (non-hydrogen) atoms. The number of ether oxygens (including phenoxy) is 1. The summed E-state index contributed by atoms with van der Waals surface area (Å²) in [6, 6.07) is 9.85. The number of aromatic nitrogens is 2. The van der Waals surface area contributed by atoms with Gasteiger partial charge in [-0.05, 0) is 44.5 Å². The lowest BCUT2D eigenvalue weighted by Crippen LogP contribution is -2.44. The summed E-state index contributed by atoms with van der Waals surface area (Å²) in [5.41, 5.74) is 6.47. The van der Waals surface area contributed by atoms with Gasteiger partial charge in [0.1, 0.15) is 11.6 Å². The van der Waals surface area contributed by atoms with E-state index >= 15 is 0 Å². The minimum atomic E-state index is -1.10. The molecule has 0 unspecified atom stereocenters. The fourth-order valence-electron chi connectivity index (χ4n) is 2.68. The highest BCUT2D eigenvalue weighted by atomic mass is 16.6. The van der Waals surface area contributed by atoms with E-state index in [0.717, 1.165) is 16.5 Å². The van der Waals surface area contributed by atoms with Crippen molar-refractivity contribution in [1.82, 2.24) is 15.3 Å². The Morgan fingerprint density at radius 2 is 1.90 bits per heavy atom. The number of nitrogens with zero attached hydrogens (tertiary/aromatic N) is 1. The highest BCUT2D eigenvalue weighted by Gasteiger charge is 2.25. The van der Waals surface area contributed by atoms with E-state index in [9.17, 15) is 19.5 Å². The van der Waals surface area contributed by atoms with Crippen LogP contribution in [-0.2, 0) is 16.0 Å². The predicted octanol–water partition coefficient (Wildman–Crippen LogP) is 2.87. The van der Waals surface area contributed by atoms with Crippen LogP contribution in [0.1, 0.15) is 36.7 Å². The van der Waals surface area contributed by atoms with Crippen LogP contribution < -0.4 is 11.1 Å². The van der Waals surface area contributed by atoms with Gasteiger partial charge in [0.25, 0.3) is 0 Å². The molecule has 0 saturated carbocycles. The molecule has 0 aliphatic rings. The number of aliphatic carboxylic acids is 1. The number of carboxylic acids is 1. The van der Waals surface area contributed by atoms with Crippen LogP contribution in [0.4, 0.5) is 4.79 Å². The summed E-state index contributed by atoms with van der Waals surface area (Å²) in [7, 11) is 0. The van der Waals surface area contributed by atoms with Crippen LogP contribution in [-0.4, -0.2) is 44.7 Å². The first-order valence-electron chi connectivity index (χ1n) is 9.54. The summed E-state index contributed by atoms with van der Waals surface area (Å²) in [5, 5.41) is 12.7. The molecule has 3 aromatic rings. The third kappa shape index (κ3) is 7.46. The highest BCUT2D eigenvalue weighted by Crippen LogP contribution is 2.19. The molecular weight excluding hydrogens is 400 g/mol. The molecule has 0 fully saturated rings. The SMILES string of the molecule is CC(C)(C)OC(=O)N[C@@H](Cc1c[nH]c2ccccc12)C(=O)O.NC(=O)c1cccnc1. The number of amides is 2. The molecule has 1 atom stereocenters. The Hall–Kier alpha value is -3.88. The zero-order valence-electron chi connectivity index (χ0n) is 17.6. The van der Waals surface area contributed by atoms with Gasteiger partial charge in [0.05, 0.1) is 5.56 Å². The van der Waals surface area contributed by atoms with Crippen LogP contribution >= 0.6 is 0 Å². The number of alkyl carbamates (subject to hydrolysis) is 1. The fraction of sp³-hybridized carbons (Fsp3) is 0.273. The molecule has 2 heterocycles. The summed E-state index contributed by atoms with van der Waals surface area (Å²) >= 11 is 0. The van der Waals surface area contributed by atoms with Crippen LogP contribution in [0.15, 0.2) is 55.0 Å². The number of fused-ring (bicyclic) bond motifs is 1. The van der Waals surface area contributed by atoms with Crippen molar-refractivity contribution >= 4 is 28.9 Å². The average molecular weight is 426 g/mol. The number of nitrogens with two attached hydrogens (primary N) is 1. The number of carbonyl (C=O) groups is 3. The molecule has 9 nitrogen and oxygen atoms in total. The lowest BCUT2D eigenvalue weighted by atomic mass is 10.1. The summed E-state index contributed by atoms with van der Waals surface area (Å²) in [5.74, 6) is -1.54. The molecule has 0 bridgehead atoms. The standard InChI is InChI=1S/C16H20N2O4.C6H6N2O/c1-16(2,3)22-15(21)18-13(14(19)20)8-10-9-17-12-7-5-4-6-11(10)12;7-6(9)5-2-1-3-8-4-5/h4-7,9,13,17H,8H2,1-3H3,(H,18,21)(H,19,20);1-4H,(H2,7,9)/t13-;/m0./s1. The molecule has 0 aliphatic heterocycles. The average Bonchev–Trinajstić information content (AvgIpc) is 3.10. The van der Waals surface area contributed by atoms with E-state index in [2.05, 4.69) is 15.3 Å². The lowest BCUT2D eigenvalue weighted by Gasteiger charge is -2.21. The first-order valence-corrected chi connectivity index (χ1v) is 9.54. The second-order valence-corrected chi connectivity index (χ2v) is 7.71. The van der Waals surface area contributed by atoms with Crippen molar-refractivity contribution in [2.45, 2.75) is 38.8 Å². The van der Waals surface area contributed by atoms with Crippen molar-refractivity contribution in [3.8, 4) is 0 Å². The summed E-state index contributed by atoms with van der Waals surface area (Å²) in [4.78, 5) is 40.3. The van der Waals surface area contributed by atoms with Crippen LogP contribution in [0.3, 0.4) is 0 Å². The van der Waals surface area contributed by atoms with Gasteiger partial charge in [-0.1, -0.05) is 18.2 Å². The molecule has 2 aromatic heterocycles. The molecule has 1 aromatic carbocycles. The van der Waals surface area contributed by atoms with Gasteiger partial charge < -0.3 is 25.9 Å². The largest absolute Gasteiger partial charge is 0.480 e. The normalized spacial score (nSPS) is 11.7. The number of hydrogen-bond donors (Lipinski definition) is 4. The Morgan fingerprint density at radius 3 is 2.45 bits per heavy atom. The molecule has 2 amide bonds. The minimum absolute atomic E-state index is 0.179. The van der Waals surface area contributed by atoms with Crippen molar-refractivity contribution in [2.75, 3.05) is 0 Å². The van der Waals surface area contributed by atoms with E-state index in [1.165, 1.54) is 6.20 Å². The van der Waals surface area contributed by atoms with Crippen LogP contribution in [0.2, 0.25) is 0 Å². The minimum Gasteiger partial charge on any atom is -0.480 e. The van der Waals surface area contributed by atoms with E-state index in [4.69, 9.17) is 10.5 Å². The molecule has 0 aliphatic carbocycles. The first kappa shape index (κ1) is 23.4. The second kappa shape index (κ2) is 10.2. The number of nitrogens with one attached hydrogen (secondary N) is 2. The number of hydrogen-bond acceptors (Lipinski definition) is 5. The number of benzene rings is 1. The Labute approximate surface area is 179 Å². The molecular formula is C22H26N4O5. The van der Waals surface area contributed by atoms with Gasteiger partial charge in [0.2, 0.25) is 5.91 Å². The quantitative estimate of drug-likeness (QED) is 0.493. The third-order valence-electron chi connectivity index (χ3n) is 4.03. The first-order chi connectivity index (χ1) is 14.6. The number of primary amides is 1. The maximum Gasteiger partial charge on any atom is 0.408 e. The number of rotatable bonds is 5. The van der Waals surface area contributed by atoms with Gasteiger partial charge in [0.15, 0.2) is 0 Å². The zero-order chi connectivity index (χ0) is 23.0. The molecule has 0 saturated heterocycles. The van der Waals surface area contributed by atoms with Crippen LogP contribution in [0, 0.1) is 0 Å². The molecule has 0 spiro atoms. The lowest BCUT2D eigenvalue weighted by molar-refractivity contribution is -0.139. The van der Waals surface area contributed by atoms with Gasteiger partial charge in [-0.3, -0.25) is 9.78 Å². The molecule has 5 N–H and O–H groups in total. The predicted molar refractivity (Wildman–Crippen MR) is 116 cm³/mol. The zero-order valence-corrected chi connectivity index (χ0v) is 17.6. The monoisotopic (exact) mass is 426 g/mol. The summed E-state index contributed by atoms with van der Waals surface area (Å²) < 4.78 is 5.10. The highest BCUT2D eigenvalue weighted by molar-refractivity contribution is 5.92. The van der Waals surface area contributed by atoms with Gasteiger partial charge in [-0.2, -0.15) is 0 Å². The Morgan fingerprint density at radius 1 is 1.19 bits per heavy atom. The molecule has 3 rings (SSSR count). The van der Waals surface area contributed by atoms with Crippen molar-refractivity contribution in [1.29, 1.82) is 0 Å². The smallest absolute Gasteiger partial charge is 0.408 e. The number of aromatic amines is 1. The Kier molecular flexibility index (Phi) is 7.73. The van der Waals surface area contributed by atoms with Crippen LogP contribution in [0.5, 0.6) is 0 Å². The number of pyridine rings is 1. The Balaban J connectivity index is 0.000000316. The Bertz CT molecular complexity index is 1040. The van der Waals surface area contributed by atoms with Gasteiger partial charge in [-0.25, -0.2) is 9.59 Å². The van der Waals surface area contributed by atoms with E-state index in [1.807, 2.05) is 24.3 Å². The summed E-state index contributed by atoms with van der Waals surface area (Å²) in [6.07, 6.45) is 4.23. The van der Waals surface area contributed by atoms with Gasteiger partial charge in [-0.15, -0.1) is 0 Å². The number of para-hydroxylation sites is 1. The number of carboxylic acid groups (broad SMARTS) is 1. The van der Waals surface area contributed by atoms with Crippen molar-refractivity contribution in [3.63, 3.8) is 0 Å². The van der Waals surface area contributed by atoms with Crippen LogP contribution in [0.25, 0.3) is 10.9 Å². The molecule has 9 heteroatoms. The van der Waals surface area contributed by atoms with E-state index in [1.54, 1.807) is 45.3 Å². The van der Waals surface area contributed by atoms with Gasteiger partial charge in [0, 0.05) is 35.9 Å². The van der Waals surface area contributed by atoms with Crippen molar-refractivity contribution < 1.29 is 24.2 Å². The van der Waals surface area contributed by atoms with E-state index in [0.29, 0.717) is 5.56 Å². The maximum atomic E-state index is 11.8. The topological polar surface area (TPSA) is 147 Å². The van der Waals surface area contributed by atoms with Crippen molar-refractivity contribution in [2.24, 2.45) is 5.73 Å². The van der Waals surface area contributed by atoms with Gasteiger partial charge >= 0.3 is 12.1 Å². The third-order valence-corrected chi connectivity index (χ3v) is 4.03. The molecule has 164 valence electrons. The van der Waals surface area contributed by atoms with E-state index in [-0.39, 0.29) is 6.42 Å². The summed E-state index contributed by atoms with van der Waals surface area (Å²) in [6.45, 7) is 5.17. The second-order valence-electron chi connectivity index (χ2n) is 7.71. The number of carbonyl (C=O) groups excluding carboxylic acids is 2. The van der Waals surface area contributed by atoms with E-state index < -0.39 is 29.6 Å².